The molecule has 1 aromatic heterocycles. The molecule has 1 aliphatic rings. The highest BCUT2D eigenvalue weighted by molar-refractivity contribution is 7.99. The van der Waals surface area contributed by atoms with E-state index in [-0.39, 0.29) is 6.03 Å². The molecule has 0 spiro atoms. The van der Waals surface area contributed by atoms with E-state index in [1.54, 1.807) is 23.1 Å². The molecule has 1 aromatic rings. The summed E-state index contributed by atoms with van der Waals surface area (Å²) in [6, 6.07) is 0.666. The Morgan fingerprint density at radius 1 is 1.62 bits per heavy atom. The Morgan fingerprint density at radius 3 is 3.05 bits per heavy atom. The number of amides is 2. The minimum atomic E-state index is -0.970. The van der Waals surface area contributed by atoms with Crippen LogP contribution in [0.2, 0.25) is 0 Å². The first-order chi connectivity index (χ1) is 10.0. The van der Waals surface area contributed by atoms with Crippen LogP contribution in [0.3, 0.4) is 0 Å². The van der Waals surface area contributed by atoms with E-state index in [1.807, 2.05) is 17.7 Å². The van der Waals surface area contributed by atoms with Crippen molar-refractivity contribution in [2.45, 2.75) is 31.1 Å². The van der Waals surface area contributed by atoms with E-state index in [0.29, 0.717) is 18.3 Å². The van der Waals surface area contributed by atoms with Gasteiger partial charge in [-0.2, -0.15) is 11.8 Å². The number of nitrogens with one attached hydrogen (secondary N) is 1. The molecule has 1 aliphatic heterocycles. The van der Waals surface area contributed by atoms with Crippen molar-refractivity contribution in [2.75, 3.05) is 19.3 Å². The smallest absolute Gasteiger partial charge is 0.331 e. The van der Waals surface area contributed by atoms with E-state index >= 15 is 0 Å². The van der Waals surface area contributed by atoms with E-state index in [1.165, 1.54) is 4.90 Å². The third-order valence-electron chi connectivity index (χ3n) is 3.69. The zero-order chi connectivity index (χ0) is 15.4. The van der Waals surface area contributed by atoms with Gasteiger partial charge in [-0.3, -0.25) is 0 Å². The number of hydrogen-bond donors (Lipinski definition) is 2. The van der Waals surface area contributed by atoms with Crippen LogP contribution < -0.4 is 5.32 Å². The molecule has 2 unspecified atom stereocenters. The minimum absolute atomic E-state index is 0.285. The summed E-state index contributed by atoms with van der Waals surface area (Å²) in [5, 5.41) is 14.7. The van der Waals surface area contributed by atoms with Crippen LogP contribution in [-0.4, -0.2) is 46.6 Å². The van der Waals surface area contributed by atoms with Crippen molar-refractivity contribution >= 4 is 35.1 Å². The van der Waals surface area contributed by atoms with Crippen LogP contribution in [0.15, 0.2) is 11.4 Å². The molecule has 2 rings (SSSR count). The predicted octanol–water partition coefficient (Wildman–Crippen LogP) is 2.58. The number of nitrogens with zero attached hydrogens (tertiary/aromatic N) is 1. The Bertz CT molecular complexity index is 518. The molecule has 7 heteroatoms. The highest BCUT2D eigenvalue weighted by Gasteiger charge is 2.36. The quantitative estimate of drug-likeness (QED) is 0.871. The molecule has 116 valence electrons. The summed E-state index contributed by atoms with van der Waals surface area (Å²) in [6.45, 7) is 3.13. The average Bonchev–Trinajstić information content (AvgIpc) is 2.93. The molecule has 2 heterocycles. The lowest BCUT2D eigenvalue weighted by Gasteiger charge is -2.33. The SMILES string of the molecule is CSC(C)CCNC(=O)N1CCc2sccc2C1C(=O)O. The Balaban J connectivity index is 2.02. The molecule has 0 bridgehead atoms. The fourth-order valence-corrected chi connectivity index (χ4v) is 3.66. The lowest BCUT2D eigenvalue weighted by molar-refractivity contribution is -0.142. The summed E-state index contributed by atoms with van der Waals surface area (Å²) in [4.78, 5) is 26.3. The number of hydrogen-bond acceptors (Lipinski definition) is 4. The van der Waals surface area contributed by atoms with Crippen molar-refractivity contribution in [1.29, 1.82) is 0 Å². The normalized spacial score (nSPS) is 19.0. The molecule has 0 saturated carbocycles. The number of carbonyl (C=O) groups is 2. The van der Waals surface area contributed by atoms with Crippen LogP contribution in [-0.2, 0) is 11.2 Å². The third kappa shape index (κ3) is 3.71. The fraction of sp³-hybridized carbons (Fsp3) is 0.571. The molecule has 0 radical (unpaired) electrons. The number of rotatable bonds is 5. The van der Waals surface area contributed by atoms with Gasteiger partial charge in [0, 0.05) is 23.2 Å². The van der Waals surface area contributed by atoms with E-state index in [4.69, 9.17) is 0 Å². The Hall–Kier alpha value is -1.21. The lowest BCUT2D eigenvalue weighted by atomic mass is 10.0. The van der Waals surface area contributed by atoms with Gasteiger partial charge in [-0.1, -0.05) is 6.92 Å². The van der Waals surface area contributed by atoms with Crippen molar-refractivity contribution in [3.8, 4) is 0 Å². The molecule has 2 amide bonds. The van der Waals surface area contributed by atoms with Crippen LogP contribution in [0, 0.1) is 0 Å². The number of urea groups is 1. The Morgan fingerprint density at radius 2 is 2.38 bits per heavy atom. The van der Waals surface area contributed by atoms with Crippen LogP contribution in [0.5, 0.6) is 0 Å². The molecule has 0 fully saturated rings. The molecule has 0 saturated heterocycles. The van der Waals surface area contributed by atoms with Gasteiger partial charge in [0.05, 0.1) is 0 Å². The summed E-state index contributed by atoms with van der Waals surface area (Å²) < 4.78 is 0. The zero-order valence-electron chi connectivity index (χ0n) is 12.2. The summed E-state index contributed by atoms with van der Waals surface area (Å²) in [5.74, 6) is -0.970. The molecule has 2 atom stereocenters. The first-order valence-corrected chi connectivity index (χ1v) is 9.07. The second-order valence-electron chi connectivity index (χ2n) is 5.05. The molecule has 21 heavy (non-hydrogen) atoms. The van der Waals surface area contributed by atoms with Gasteiger partial charge in [-0.05, 0) is 36.1 Å². The molecular formula is C14H20N2O3S2. The summed E-state index contributed by atoms with van der Waals surface area (Å²) in [5.41, 5.74) is 0.756. The van der Waals surface area contributed by atoms with Gasteiger partial charge in [0.2, 0.25) is 0 Å². The van der Waals surface area contributed by atoms with Gasteiger partial charge in [-0.25, -0.2) is 9.59 Å². The van der Waals surface area contributed by atoms with Crippen molar-refractivity contribution in [2.24, 2.45) is 0 Å². The van der Waals surface area contributed by atoms with Crippen LogP contribution in [0.25, 0.3) is 0 Å². The van der Waals surface area contributed by atoms with E-state index in [2.05, 4.69) is 12.2 Å². The highest BCUT2D eigenvalue weighted by atomic mass is 32.2. The van der Waals surface area contributed by atoms with Crippen molar-refractivity contribution in [3.63, 3.8) is 0 Å². The Labute approximate surface area is 132 Å². The predicted molar refractivity (Wildman–Crippen MR) is 86.1 cm³/mol. The van der Waals surface area contributed by atoms with Crippen LogP contribution in [0.1, 0.15) is 29.8 Å². The standard InChI is InChI=1S/C14H20N2O3S2/c1-9(20-2)3-6-15-14(19)16-7-4-11-10(5-8-21-11)12(16)13(17)18/h5,8-9,12H,3-4,6-7H2,1-2H3,(H,15,19)(H,17,18). The molecule has 2 N–H and O–H groups in total. The maximum Gasteiger partial charge on any atom is 0.331 e. The van der Waals surface area contributed by atoms with Crippen molar-refractivity contribution < 1.29 is 14.7 Å². The largest absolute Gasteiger partial charge is 0.479 e. The van der Waals surface area contributed by atoms with Gasteiger partial charge >= 0.3 is 12.0 Å². The fourth-order valence-electron chi connectivity index (χ4n) is 2.40. The third-order valence-corrected chi connectivity index (χ3v) is 5.73. The number of thiophene rings is 1. The maximum absolute atomic E-state index is 12.3. The van der Waals surface area contributed by atoms with Gasteiger partial charge < -0.3 is 15.3 Å². The molecule has 0 aliphatic carbocycles. The van der Waals surface area contributed by atoms with E-state index < -0.39 is 12.0 Å². The van der Waals surface area contributed by atoms with Crippen molar-refractivity contribution in [3.05, 3.63) is 21.9 Å². The summed E-state index contributed by atoms with van der Waals surface area (Å²) >= 11 is 3.31. The van der Waals surface area contributed by atoms with Crippen LogP contribution in [0.4, 0.5) is 4.79 Å². The van der Waals surface area contributed by atoms with Gasteiger partial charge in [0.15, 0.2) is 6.04 Å². The van der Waals surface area contributed by atoms with Gasteiger partial charge in [-0.15, -0.1) is 11.3 Å². The summed E-state index contributed by atoms with van der Waals surface area (Å²) in [7, 11) is 0. The maximum atomic E-state index is 12.3. The number of fused-ring (bicyclic) bond motifs is 1. The van der Waals surface area contributed by atoms with Crippen LogP contribution >= 0.6 is 23.1 Å². The second kappa shape index (κ2) is 7.17. The summed E-state index contributed by atoms with van der Waals surface area (Å²) in [6.07, 6.45) is 3.64. The number of aliphatic carboxylic acids is 1. The first-order valence-electron chi connectivity index (χ1n) is 6.91. The first kappa shape index (κ1) is 16.2. The number of carboxylic acids is 1. The van der Waals surface area contributed by atoms with E-state index in [9.17, 15) is 14.7 Å². The molecule has 5 nitrogen and oxygen atoms in total. The lowest BCUT2D eigenvalue weighted by Crippen LogP contribution is -2.48. The second-order valence-corrected chi connectivity index (χ2v) is 7.33. The van der Waals surface area contributed by atoms with Crippen molar-refractivity contribution in [1.82, 2.24) is 10.2 Å². The number of thioether (sulfide) groups is 1. The monoisotopic (exact) mass is 328 g/mol. The van der Waals surface area contributed by atoms with Gasteiger partial charge in [0.25, 0.3) is 0 Å². The highest BCUT2D eigenvalue weighted by Crippen LogP contribution is 2.33. The number of carboxylic acid groups (broad SMARTS) is 1. The number of carbonyl (C=O) groups excluding carboxylic acids is 1. The Kier molecular flexibility index (Phi) is 5.52. The average molecular weight is 328 g/mol. The molecular weight excluding hydrogens is 308 g/mol. The minimum Gasteiger partial charge on any atom is -0.479 e. The topological polar surface area (TPSA) is 69.6 Å². The zero-order valence-corrected chi connectivity index (χ0v) is 13.8. The van der Waals surface area contributed by atoms with Gasteiger partial charge in [0.1, 0.15) is 0 Å². The van der Waals surface area contributed by atoms with E-state index in [0.717, 1.165) is 23.3 Å². The molecule has 0 aromatic carbocycles.